The maximum atomic E-state index is 12.4. The molecule has 3 aromatic rings. The number of anilines is 1. The molecule has 28 heavy (non-hydrogen) atoms. The first-order chi connectivity index (χ1) is 14.6. The van der Waals surface area contributed by atoms with Gasteiger partial charge in [0.05, 0.1) is 0 Å². The highest BCUT2D eigenvalue weighted by molar-refractivity contribution is 5.94. The Labute approximate surface area is 168 Å². The average molecular weight is 374 g/mol. The van der Waals surface area contributed by atoms with E-state index in [-0.39, 0.29) is 13.0 Å². The number of hydrogen-bond acceptors (Lipinski definition) is 4. The number of carbonyl (C=O) groups excluding carboxylic acids is 1. The van der Waals surface area contributed by atoms with Crippen LogP contribution >= 0.6 is 0 Å². The lowest BCUT2D eigenvalue weighted by Crippen LogP contribution is -2.37. The minimum atomic E-state index is -2.59. The number of rotatable bonds is 1. The Morgan fingerprint density at radius 2 is 2.14 bits per heavy atom. The maximum absolute atomic E-state index is 12.4. The standard InChI is InChI=1S/C23H21N3O2/c1-15-3-4-16(7-9-23(28)10-12-26(2)22(23)27)13-19(15)18-6-5-17-8-11-25-21(24)20(17)14-18/h3-6,8,11,13-14,28H,10,12H2,1-2H3,(H2,24,25)/i2D3. The Hall–Kier alpha value is -3.36. The number of nitrogen functional groups attached to an aromatic ring is 1. The number of hydrogen-bond donors (Lipinski definition) is 2. The molecule has 0 saturated carbocycles. The molecule has 1 aliphatic rings. The molecule has 0 aliphatic carbocycles. The Bertz CT molecular complexity index is 1260. The third-order valence-electron chi connectivity index (χ3n) is 5.06. The minimum absolute atomic E-state index is 0.0487. The molecule has 1 atom stereocenters. The number of aromatic nitrogens is 1. The largest absolute Gasteiger partial charge is 0.383 e. The topological polar surface area (TPSA) is 79.4 Å². The van der Waals surface area contributed by atoms with E-state index >= 15 is 0 Å². The van der Waals surface area contributed by atoms with Gasteiger partial charge < -0.3 is 15.7 Å². The molecule has 2 aromatic carbocycles. The van der Waals surface area contributed by atoms with Gasteiger partial charge in [0.25, 0.3) is 5.91 Å². The van der Waals surface area contributed by atoms with Crippen LogP contribution in [-0.4, -0.2) is 40.0 Å². The number of amides is 1. The van der Waals surface area contributed by atoms with Crippen LogP contribution in [0.5, 0.6) is 0 Å². The molecular formula is C23H21N3O2. The van der Waals surface area contributed by atoms with E-state index in [2.05, 4.69) is 16.8 Å². The van der Waals surface area contributed by atoms with Gasteiger partial charge in [-0.15, -0.1) is 0 Å². The second kappa shape index (κ2) is 6.66. The molecular weight excluding hydrogens is 350 g/mol. The van der Waals surface area contributed by atoms with E-state index in [1.807, 2.05) is 43.3 Å². The molecule has 5 nitrogen and oxygen atoms in total. The molecule has 5 heteroatoms. The number of nitrogens with zero attached hydrogens (tertiary/aromatic N) is 2. The van der Waals surface area contributed by atoms with E-state index in [9.17, 15) is 9.90 Å². The van der Waals surface area contributed by atoms with Gasteiger partial charge in [0.2, 0.25) is 5.60 Å². The lowest BCUT2D eigenvalue weighted by molar-refractivity contribution is -0.137. The lowest BCUT2D eigenvalue weighted by Gasteiger charge is -2.13. The molecule has 140 valence electrons. The van der Waals surface area contributed by atoms with E-state index in [4.69, 9.17) is 9.85 Å². The number of aliphatic hydroxyl groups is 1. The van der Waals surface area contributed by atoms with Crippen LogP contribution in [0.1, 0.15) is 21.7 Å². The van der Waals surface area contributed by atoms with Crippen molar-refractivity contribution < 1.29 is 14.0 Å². The van der Waals surface area contributed by atoms with E-state index in [1.165, 1.54) is 0 Å². The SMILES string of the molecule is [2H]C([2H])([2H])N1CCC(O)(C#Cc2ccc(C)c(-c3ccc4ccnc(N)c4c3)c2)C1=O. The van der Waals surface area contributed by atoms with E-state index in [1.54, 1.807) is 12.3 Å². The zero-order valence-corrected chi connectivity index (χ0v) is 15.4. The summed E-state index contributed by atoms with van der Waals surface area (Å²) in [6, 6.07) is 13.4. The van der Waals surface area contributed by atoms with Gasteiger partial charge in [-0.25, -0.2) is 4.98 Å². The lowest BCUT2D eigenvalue weighted by atomic mass is 9.95. The number of fused-ring (bicyclic) bond motifs is 1. The van der Waals surface area contributed by atoms with Crippen LogP contribution in [0.4, 0.5) is 5.82 Å². The second-order valence-corrected chi connectivity index (χ2v) is 6.98. The highest BCUT2D eigenvalue weighted by Gasteiger charge is 2.42. The predicted octanol–water partition coefficient (Wildman–Crippen LogP) is 2.74. The summed E-state index contributed by atoms with van der Waals surface area (Å²) in [6.45, 7) is -0.676. The normalized spacial score (nSPS) is 21.0. The summed E-state index contributed by atoms with van der Waals surface area (Å²) in [4.78, 5) is 17.2. The highest BCUT2D eigenvalue weighted by atomic mass is 16.3. The smallest absolute Gasteiger partial charge is 0.267 e. The van der Waals surface area contributed by atoms with E-state index in [0.29, 0.717) is 16.3 Å². The van der Waals surface area contributed by atoms with Crippen molar-refractivity contribution in [2.24, 2.45) is 0 Å². The van der Waals surface area contributed by atoms with Crippen LogP contribution in [0.3, 0.4) is 0 Å². The van der Waals surface area contributed by atoms with Gasteiger partial charge in [-0.1, -0.05) is 30.0 Å². The van der Waals surface area contributed by atoms with Gasteiger partial charge in [0.15, 0.2) is 0 Å². The molecule has 1 aliphatic heterocycles. The Kier molecular flexibility index (Phi) is 3.49. The van der Waals surface area contributed by atoms with Gasteiger partial charge in [-0.2, -0.15) is 0 Å². The summed E-state index contributed by atoms with van der Waals surface area (Å²) in [5, 5.41) is 12.5. The summed E-state index contributed by atoms with van der Waals surface area (Å²) in [5.74, 6) is 5.01. The Morgan fingerprint density at radius 3 is 2.93 bits per heavy atom. The zero-order chi connectivity index (χ0) is 22.4. The summed E-state index contributed by atoms with van der Waals surface area (Å²) in [7, 11) is 0. The average Bonchev–Trinajstić information content (AvgIpc) is 3.03. The third kappa shape index (κ3) is 3.08. The van der Waals surface area contributed by atoms with Crippen LogP contribution in [-0.2, 0) is 4.79 Å². The molecule has 3 N–H and O–H groups in total. The van der Waals surface area contributed by atoms with Gasteiger partial charge in [-0.05, 0) is 53.3 Å². The monoisotopic (exact) mass is 374 g/mol. The van der Waals surface area contributed by atoms with Crippen LogP contribution in [0, 0.1) is 18.8 Å². The number of aryl methyl sites for hydroxylation is 1. The zero-order valence-electron chi connectivity index (χ0n) is 18.4. The molecule has 1 fully saturated rings. The number of carbonyl (C=O) groups is 1. The molecule has 4 rings (SSSR count). The molecule has 1 aromatic heterocycles. The fourth-order valence-electron chi connectivity index (χ4n) is 3.37. The summed E-state index contributed by atoms with van der Waals surface area (Å²) in [5.41, 5.74) is 7.53. The highest BCUT2D eigenvalue weighted by Crippen LogP contribution is 2.29. The first-order valence-corrected chi connectivity index (χ1v) is 8.91. The van der Waals surface area contributed by atoms with Gasteiger partial charge in [-0.3, -0.25) is 4.79 Å². The fraction of sp³-hybridized carbons (Fsp3) is 0.217. The number of benzene rings is 2. The van der Waals surface area contributed by atoms with Crippen molar-refractivity contribution in [3.05, 3.63) is 59.8 Å². The number of nitrogens with two attached hydrogens (primary N) is 1. The maximum Gasteiger partial charge on any atom is 0.267 e. The van der Waals surface area contributed by atoms with Gasteiger partial charge >= 0.3 is 0 Å². The molecule has 0 radical (unpaired) electrons. The number of likely N-dealkylation sites (N-methyl/N-ethyl adjacent to an activating group) is 1. The second-order valence-electron chi connectivity index (χ2n) is 6.98. The van der Waals surface area contributed by atoms with E-state index < -0.39 is 18.5 Å². The van der Waals surface area contributed by atoms with Crippen molar-refractivity contribution in [3.8, 4) is 23.0 Å². The fourth-order valence-corrected chi connectivity index (χ4v) is 3.37. The minimum Gasteiger partial charge on any atom is -0.383 e. The van der Waals surface area contributed by atoms with Crippen molar-refractivity contribution in [3.63, 3.8) is 0 Å². The molecule has 0 bridgehead atoms. The van der Waals surface area contributed by atoms with Gasteiger partial charge in [0.1, 0.15) is 5.82 Å². The van der Waals surface area contributed by atoms with Crippen LogP contribution < -0.4 is 5.73 Å². The first kappa shape index (κ1) is 14.7. The Balaban J connectivity index is 1.69. The van der Waals surface area contributed by atoms with Crippen molar-refractivity contribution in [2.45, 2.75) is 18.9 Å². The summed E-state index contributed by atoms with van der Waals surface area (Å²) < 4.78 is 22.3. The van der Waals surface area contributed by atoms with Crippen molar-refractivity contribution in [2.75, 3.05) is 19.3 Å². The Morgan fingerprint density at radius 1 is 1.29 bits per heavy atom. The van der Waals surface area contributed by atoms with E-state index in [0.717, 1.165) is 27.5 Å². The van der Waals surface area contributed by atoms with Crippen molar-refractivity contribution in [1.29, 1.82) is 0 Å². The van der Waals surface area contributed by atoms with Gasteiger partial charge in [0, 0.05) is 41.2 Å². The molecule has 1 unspecified atom stereocenters. The molecule has 1 saturated heterocycles. The number of pyridine rings is 1. The van der Waals surface area contributed by atoms with Crippen LogP contribution in [0.15, 0.2) is 48.7 Å². The number of likely N-dealkylation sites (tertiary alicyclic amines) is 1. The molecule has 0 spiro atoms. The predicted molar refractivity (Wildman–Crippen MR) is 110 cm³/mol. The molecule has 1 amide bonds. The molecule has 2 heterocycles. The van der Waals surface area contributed by atoms with Crippen molar-refractivity contribution >= 4 is 22.5 Å². The summed E-state index contributed by atoms with van der Waals surface area (Å²) in [6.07, 6.45) is 1.62. The quantitative estimate of drug-likeness (QED) is 0.642. The summed E-state index contributed by atoms with van der Waals surface area (Å²) >= 11 is 0. The first-order valence-electron chi connectivity index (χ1n) is 10.4. The third-order valence-corrected chi connectivity index (χ3v) is 5.06. The van der Waals surface area contributed by atoms with Crippen LogP contribution in [0.2, 0.25) is 0 Å². The van der Waals surface area contributed by atoms with Crippen molar-refractivity contribution in [1.82, 2.24) is 9.88 Å². The van der Waals surface area contributed by atoms with Crippen LogP contribution in [0.25, 0.3) is 21.9 Å².